The van der Waals surface area contributed by atoms with Crippen LogP contribution in [-0.4, -0.2) is 18.0 Å². The van der Waals surface area contributed by atoms with Crippen LogP contribution >= 0.6 is 11.3 Å². The van der Waals surface area contributed by atoms with E-state index in [-0.39, 0.29) is 11.7 Å². The largest absolute Gasteiger partial charge is 0.494 e. The second-order valence-electron chi connectivity index (χ2n) is 4.54. The number of ether oxygens (including phenoxy) is 1. The number of halogens is 1. The second kappa shape index (κ2) is 7.17. The fraction of sp³-hybridized carbons (Fsp3) is 0.333. The molecule has 0 bridgehead atoms. The SMILES string of the molecule is CCCCC(=O)Nc1nc(-c2ccc(OC)c(F)c2)cs1. The van der Waals surface area contributed by atoms with Crippen molar-refractivity contribution in [3.8, 4) is 17.0 Å². The summed E-state index contributed by atoms with van der Waals surface area (Å²) in [4.78, 5) is 15.9. The van der Waals surface area contributed by atoms with Crippen LogP contribution in [0.5, 0.6) is 5.75 Å². The monoisotopic (exact) mass is 308 g/mol. The summed E-state index contributed by atoms with van der Waals surface area (Å²) in [5.74, 6) is -0.280. The molecule has 1 amide bonds. The fourth-order valence-electron chi connectivity index (χ4n) is 1.81. The van der Waals surface area contributed by atoms with Gasteiger partial charge in [-0.3, -0.25) is 4.79 Å². The molecule has 4 nitrogen and oxygen atoms in total. The molecule has 1 aromatic heterocycles. The third-order valence-electron chi connectivity index (χ3n) is 2.96. The summed E-state index contributed by atoms with van der Waals surface area (Å²) in [6.45, 7) is 2.03. The summed E-state index contributed by atoms with van der Waals surface area (Å²) in [6, 6.07) is 4.67. The number of anilines is 1. The third kappa shape index (κ3) is 4.01. The van der Waals surface area contributed by atoms with Gasteiger partial charge in [0.05, 0.1) is 12.8 Å². The van der Waals surface area contributed by atoms with Gasteiger partial charge in [-0.25, -0.2) is 9.37 Å². The number of carbonyl (C=O) groups excluding carboxylic acids is 1. The van der Waals surface area contributed by atoms with Crippen molar-refractivity contribution in [2.75, 3.05) is 12.4 Å². The first-order valence-corrected chi connectivity index (χ1v) is 7.61. The summed E-state index contributed by atoms with van der Waals surface area (Å²) >= 11 is 1.33. The maximum absolute atomic E-state index is 13.7. The van der Waals surface area contributed by atoms with E-state index in [1.54, 1.807) is 17.5 Å². The van der Waals surface area contributed by atoms with Gasteiger partial charge in [0.15, 0.2) is 16.7 Å². The highest BCUT2D eigenvalue weighted by Gasteiger charge is 2.10. The summed E-state index contributed by atoms with van der Waals surface area (Å²) in [7, 11) is 1.42. The number of hydrogen-bond acceptors (Lipinski definition) is 4. The summed E-state index contributed by atoms with van der Waals surface area (Å²) in [6.07, 6.45) is 2.32. The summed E-state index contributed by atoms with van der Waals surface area (Å²) in [5.41, 5.74) is 1.28. The second-order valence-corrected chi connectivity index (χ2v) is 5.40. The highest BCUT2D eigenvalue weighted by molar-refractivity contribution is 7.14. The van der Waals surface area contributed by atoms with E-state index < -0.39 is 5.82 Å². The molecule has 0 saturated heterocycles. The van der Waals surface area contributed by atoms with Gasteiger partial charge in [0.2, 0.25) is 5.91 Å². The standard InChI is InChI=1S/C15H17FN2O2S/c1-3-4-5-14(19)18-15-17-12(9-21-15)10-6-7-13(20-2)11(16)8-10/h6-9H,3-5H2,1-2H3,(H,17,18,19). The van der Waals surface area contributed by atoms with Gasteiger partial charge < -0.3 is 10.1 Å². The highest BCUT2D eigenvalue weighted by Crippen LogP contribution is 2.28. The van der Waals surface area contributed by atoms with Crippen molar-refractivity contribution in [2.24, 2.45) is 0 Å². The Labute approximate surface area is 127 Å². The van der Waals surface area contributed by atoms with E-state index in [0.29, 0.717) is 22.8 Å². The van der Waals surface area contributed by atoms with Crippen molar-refractivity contribution in [3.05, 3.63) is 29.4 Å². The van der Waals surface area contributed by atoms with Crippen LogP contribution in [0.25, 0.3) is 11.3 Å². The van der Waals surface area contributed by atoms with Crippen molar-refractivity contribution >= 4 is 22.4 Å². The Morgan fingerprint density at radius 2 is 2.29 bits per heavy atom. The molecule has 21 heavy (non-hydrogen) atoms. The minimum atomic E-state index is -0.434. The molecule has 2 rings (SSSR count). The van der Waals surface area contributed by atoms with Gasteiger partial charge in [-0.2, -0.15) is 0 Å². The lowest BCUT2D eigenvalue weighted by atomic mass is 10.1. The van der Waals surface area contributed by atoms with Gasteiger partial charge in [-0.15, -0.1) is 11.3 Å². The maximum atomic E-state index is 13.7. The Morgan fingerprint density at radius 3 is 2.95 bits per heavy atom. The van der Waals surface area contributed by atoms with Gasteiger partial charge in [0.1, 0.15) is 0 Å². The molecule has 1 heterocycles. The number of unbranched alkanes of at least 4 members (excludes halogenated alkanes) is 1. The molecule has 0 radical (unpaired) electrons. The molecule has 0 fully saturated rings. The quantitative estimate of drug-likeness (QED) is 0.874. The van der Waals surface area contributed by atoms with Crippen molar-refractivity contribution in [1.82, 2.24) is 4.98 Å². The van der Waals surface area contributed by atoms with Gasteiger partial charge in [-0.1, -0.05) is 13.3 Å². The van der Waals surface area contributed by atoms with Crippen molar-refractivity contribution < 1.29 is 13.9 Å². The number of nitrogens with zero attached hydrogens (tertiary/aromatic N) is 1. The number of methoxy groups -OCH3 is 1. The van der Waals surface area contributed by atoms with E-state index in [1.807, 2.05) is 6.92 Å². The van der Waals surface area contributed by atoms with Crippen LogP contribution in [0.4, 0.5) is 9.52 Å². The number of thiazole rings is 1. The van der Waals surface area contributed by atoms with E-state index in [4.69, 9.17) is 4.74 Å². The molecule has 0 saturated carbocycles. The number of rotatable bonds is 6. The molecule has 0 aliphatic carbocycles. The molecule has 1 aromatic carbocycles. The Hall–Kier alpha value is -1.95. The zero-order valence-electron chi connectivity index (χ0n) is 12.0. The normalized spacial score (nSPS) is 10.4. The molecule has 0 spiro atoms. The Bertz CT molecular complexity index is 628. The smallest absolute Gasteiger partial charge is 0.226 e. The van der Waals surface area contributed by atoms with Crippen LogP contribution in [0.15, 0.2) is 23.6 Å². The van der Waals surface area contributed by atoms with Crippen LogP contribution in [0.3, 0.4) is 0 Å². The number of carbonyl (C=O) groups is 1. The minimum Gasteiger partial charge on any atom is -0.494 e. The Balaban J connectivity index is 2.09. The highest BCUT2D eigenvalue weighted by atomic mass is 32.1. The van der Waals surface area contributed by atoms with Crippen LogP contribution in [0.2, 0.25) is 0 Å². The molecule has 0 aliphatic rings. The average molecular weight is 308 g/mol. The first-order valence-electron chi connectivity index (χ1n) is 6.73. The molecule has 112 valence electrons. The lowest BCUT2D eigenvalue weighted by Gasteiger charge is -2.03. The molecular formula is C15H17FN2O2S. The number of hydrogen-bond donors (Lipinski definition) is 1. The Kier molecular flexibility index (Phi) is 5.27. The fourth-order valence-corrected chi connectivity index (χ4v) is 2.54. The van der Waals surface area contributed by atoms with Gasteiger partial charge >= 0.3 is 0 Å². The van der Waals surface area contributed by atoms with Crippen molar-refractivity contribution in [2.45, 2.75) is 26.2 Å². The average Bonchev–Trinajstić information content (AvgIpc) is 2.93. The molecule has 6 heteroatoms. The van der Waals surface area contributed by atoms with Gasteiger partial charge in [0.25, 0.3) is 0 Å². The minimum absolute atomic E-state index is 0.0429. The van der Waals surface area contributed by atoms with Crippen LogP contribution in [0, 0.1) is 5.82 Å². The van der Waals surface area contributed by atoms with Crippen LogP contribution < -0.4 is 10.1 Å². The maximum Gasteiger partial charge on any atom is 0.226 e. The molecule has 0 unspecified atom stereocenters. The van der Waals surface area contributed by atoms with Crippen LogP contribution in [-0.2, 0) is 4.79 Å². The van der Waals surface area contributed by atoms with Crippen LogP contribution in [0.1, 0.15) is 26.2 Å². The van der Waals surface area contributed by atoms with Gasteiger partial charge in [0, 0.05) is 17.4 Å². The van der Waals surface area contributed by atoms with Crippen molar-refractivity contribution in [3.63, 3.8) is 0 Å². The number of aromatic nitrogens is 1. The predicted octanol–water partition coefficient (Wildman–Crippen LogP) is 4.09. The first kappa shape index (κ1) is 15.4. The zero-order chi connectivity index (χ0) is 15.2. The molecule has 0 aliphatic heterocycles. The zero-order valence-corrected chi connectivity index (χ0v) is 12.8. The van der Waals surface area contributed by atoms with E-state index in [9.17, 15) is 9.18 Å². The summed E-state index contributed by atoms with van der Waals surface area (Å²) < 4.78 is 18.6. The molecule has 2 aromatic rings. The van der Waals surface area contributed by atoms with E-state index >= 15 is 0 Å². The van der Waals surface area contributed by atoms with E-state index in [2.05, 4.69) is 10.3 Å². The summed E-state index contributed by atoms with van der Waals surface area (Å²) in [5, 5.41) is 5.07. The Morgan fingerprint density at radius 1 is 1.48 bits per heavy atom. The lowest BCUT2D eigenvalue weighted by Crippen LogP contribution is -2.10. The molecule has 0 atom stereocenters. The van der Waals surface area contributed by atoms with E-state index in [1.165, 1.54) is 24.5 Å². The molecule has 1 N–H and O–H groups in total. The van der Waals surface area contributed by atoms with Crippen molar-refractivity contribution in [1.29, 1.82) is 0 Å². The number of benzene rings is 1. The first-order chi connectivity index (χ1) is 10.1. The third-order valence-corrected chi connectivity index (χ3v) is 3.71. The topological polar surface area (TPSA) is 51.2 Å². The number of amides is 1. The molecular weight excluding hydrogens is 291 g/mol. The van der Waals surface area contributed by atoms with E-state index in [0.717, 1.165) is 12.8 Å². The number of nitrogens with one attached hydrogen (secondary N) is 1. The predicted molar refractivity (Wildman–Crippen MR) is 82.2 cm³/mol. The van der Waals surface area contributed by atoms with Gasteiger partial charge in [-0.05, 0) is 24.6 Å². The lowest BCUT2D eigenvalue weighted by molar-refractivity contribution is -0.116.